The molecule has 0 radical (unpaired) electrons. The summed E-state index contributed by atoms with van der Waals surface area (Å²) in [5, 5.41) is 3.52. The first-order chi connectivity index (χ1) is 11.3. The van der Waals surface area contributed by atoms with Crippen LogP contribution < -0.4 is 5.32 Å². The molecule has 1 atom stereocenters. The number of rotatable bonds is 7. The highest BCUT2D eigenvalue weighted by Gasteiger charge is 2.30. The molecule has 1 aromatic carbocycles. The van der Waals surface area contributed by atoms with E-state index in [1.54, 1.807) is 7.11 Å². The van der Waals surface area contributed by atoms with Crippen molar-refractivity contribution in [3.05, 3.63) is 28.8 Å². The zero-order valence-electron chi connectivity index (χ0n) is 13.4. The Kier molecular flexibility index (Phi) is 6.17. The normalized spacial score (nSPS) is 13.2. The molecule has 2 rings (SSSR count). The van der Waals surface area contributed by atoms with Gasteiger partial charge in [0.1, 0.15) is 0 Å². The number of aromatic nitrogens is 1. The number of hydrogen-bond acceptors (Lipinski definition) is 4. The lowest BCUT2D eigenvalue weighted by molar-refractivity contribution is -0.137. The van der Waals surface area contributed by atoms with Crippen LogP contribution in [0.1, 0.15) is 30.3 Å². The van der Waals surface area contributed by atoms with E-state index in [-0.39, 0.29) is 18.4 Å². The van der Waals surface area contributed by atoms with E-state index in [0.29, 0.717) is 28.3 Å². The van der Waals surface area contributed by atoms with E-state index in [2.05, 4.69) is 10.3 Å². The summed E-state index contributed by atoms with van der Waals surface area (Å²) in [4.78, 5) is 16.1. The lowest BCUT2D eigenvalue weighted by Crippen LogP contribution is -2.37. The van der Waals surface area contributed by atoms with Crippen LogP contribution in [0.3, 0.4) is 0 Å². The number of methoxy groups -OCH3 is 1. The van der Waals surface area contributed by atoms with Crippen LogP contribution in [0.5, 0.6) is 0 Å². The number of fused-ring (bicyclic) bond motifs is 1. The highest BCUT2D eigenvalue weighted by molar-refractivity contribution is 7.18. The summed E-state index contributed by atoms with van der Waals surface area (Å²) in [6, 6.07) is 3.48. The molecule has 4 nitrogen and oxygen atoms in total. The van der Waals surface area contributed by atoms with Gasteiger partial charge in [0.15, 0.2) is 0 Å². The number of hydrogen-bond donors (Lipinski definition) is 1. The van der Waals surface area contributed by atoms with Crippen LogP contribution in [-0.4, -0.2) is 30.6 Å². The van der Waals surface area contributed by atoms with Crippen LogP contribution in [0, 0.1) is 0 Å². The summed E-state index contributed by atoms with van der Waals surface area (Å²) >= 11 is 1.31. The fourth-order valence-corrected chi connectivity index (χ4v) is 3.19. The Morgan fingerprint density at radius 2 is 2.17 bits per heavy atom. The monoisotopic (exact) mass is 360 g/mol. The van der Waals surface area contributed by atoms with E-state index in [1.807, 2.05) is 6.92 Å². The number of carbonyl (C=O) groups is 1. The van der Waals surface area contributed by atoms with Gasteiger partial charge in [-0.15, -0.1) is 11.3 Å². The molecule has 1 heterocycles. The third-order valence-electron chi connectivity index (χ3n) is 3.55. The molecule has 0 fully saturated rings. The first-order valence-corrected chi connectivity index (χ1v) is 8.40. The van der Waals surface area contributed by atoms with Crippen molar-refractivity contribution >= 4 is 27.5 Å². The molecule has 2 aromatic rings. The van der Waals surface area contributed by atoms with Crippen LogP contribution in [0.25, 0.3) is 10.2 Å². The quantitative estimate of drug-likeness (QED) is 0.817. The Morgan fingerprint density at radius 1 is 1.42 bits per heavy atom. The fraction of sp³-hybridized carbons (Fsp3) is 0.500. The Labute approximate surface area is 142 Å². The van der Waals surface area contributed by atoms with Gasteiger partial charge in [-0.3, -0.25) is 4.79 Å². The largest absolute Gasteiger partial charge is 0.416 e. The Balaban J connectivity index is 1.99. The van der Waals surface area contributed by atoms with E-state index in [4.69, 9.17) is 4.74 Å². The van der Waals surface area contributed by atoms with Crippen molar-refractivity contribution in [2.45, 2.75) is 38.4 Å². The standard InChI is InChI=1S/C16H19F3N2O2S/c1-3-11(9-23-2)20-14(22)6-7-15-21-12-8-10(16(17,18)19)4-5-13(12)24-15/h4-5,8,11H,3,6-7,9H2,1-2H3,(H,20,22). The van der Waals surface area contributed by atoms with Gasteiger partial charge in [0.05, 0.1) is 33.4 Å². The molecule has 0 saturated heterocycles. The summed E-state index contributed by atoms with van der Waals surface area (Å²) in [6.45, 7) is 2.40. The number of nitrogens with one attached hydrogen (secondary N) is 1. The molecule has 0 aliphatic rings. The minimum Gasteiger partial charge on any atom is -0.383 e. The summed E-state index contributed by atoms with van der Waals surface area (Å²) in [6.07, 6.45) is -2.97. The number of benzene rings is 1. The first-order valence-electron chi connectivity index (χ1n) is 7.58. The van der Waals surface area contributed by atoms with E-state index in [0.717, 1.165) is 18.6 Å². The van der Waals surface area contributed by atoms with Gasteiger partial charge in [-0.2, -0.15) is 13.2 Å². The number of aryl methyl sites for hydroxylation is 1. The van der Waals surface area contributed by atoms with E-state index < -0.39 is 11.7 Å². The molecule has 1 amide bonds. The maximum absolute atomic E-state index is 12.7. The SMILES string of the molecule is CCC(COC)NC(=O)CCc1nc2cc(C(F)(F)F)ccc2s1. The van der Waals surface area contributed by atoms with E-state index in [1.165, 1.54) is 17.4 Å². The molecule has 0 aliphatic carbocycles. The summed E-state index contributed by atoms with van der Waals surface area (Å²) < 4.78 is 43.8. The van der Waals surface area contributed by atoms with E-state index in [9.17, 15) is 18.0 Å². The summed E-state index contributed by atoms with van der Waals surface area (Å²) in [7, 11) is 1.57. The Morgan fingerprint density at radius 3 is 2.79 bits per heavy atom. The molecular weight excluding hydrogens is 341 g/mol. The molecule has 1 unspecified atom stereocenters. The average molecular weight is 360 g/mol. The van der Waals surface area contributed by atoms with Crippen molar-refractivity contribution in [3.63, 3.8) is 0 Å². The average Bonchev–Trinajstić information content (AvgIpc) is 2.93. The van der Waals surface area contributed by atoms with Crippen LogP contribution in [-0.2, 0) is 22.1 Å². The van der Waals surface area contributed by atoms with Gasteiger partial charge in [0.25, 0.3) is 0 Å². The second-order valence-corrected chi connectivity index (χ2v) is 6.53. The van der Waals surface area contributed by atoms with E-state index >= 15 is 0 Å². The van der Waals surface area contributed by atoms with Crippen LogP contribution in [0.15, 0.2) is 18.2 Å². The molecule has 0 spiro atoms. The van der Waals surface area contributed by atoms with Crippen molar-refractivity contribution in [1.29, 1.82) is 0 Å². The number of carbonyl (C=O) groups excluding carboxylic acids is 1. The van der Waals surface area contributed by atoms with Crippen molar-refractivity contribution in [2.75, 3.05) is 13.7 Å². The van der Waals surface area contributed by atoms with Crippen molar-refractivity contribution in [1.82, 2.24) is 10.3 Å². The Hall–Kier alpha value is -1.67. The number of alkyl halides is 3. The molecule has 1 N–H and O–H groups in total. The molecular formula is C16H19F3N2O2S. The molecule has 0 saturated carbocycles. The van der Waals surface area contributed by atoms with Crippen molar-refractivity contribution in [2.24, 2.45) is 0 Å². The highest BCUT2D eigenvalue weighted by Crippen LogP contribution is 2.33. The van der Waals surface area contributed by atoms with Crippen molar-refractivity contribution in [3.8, 4) is 0 Å². The third kappa shape index (κ3) is 4.91. The molecule has 132 valence electrons. The van der Waals surface area contributed by atoms with Gasteiger partial charge in [0, 0.05) is 20.0 Å². The summed E-state index contributed by atoms with van der Waals surface area (Å²) in [5.41, 5.74) is -0.397. The summed E-state index contributed by atoms with van der Waals surface area (Å²) in [5.74, 6) is -0.117. The molecule has 8 heteroatoms. The van der Waals surface area contributed by atoms with Gasteiger partial charge in [0.2, 0.25) is 5.91 Å². The number of nitrogens with zero attached hydrogens (tertiary/aromatic N) is 1. The minimum absolute atomic E-state index is 0.0350. The van der Waals surface area contributed by atoms with Gasteiger partial charge in [-0.05, 0) is 24.6 Å². The minimum atomic E-state index is -4.38. The van der Waals surface area contributed by atoms with Crippen molar-refractivity contribution < 1.29 is 22.7 Å². The van der Waals surface area contributed by atoms with Gasteiger partial charge < -0.3 is 10.1 Å². The number of thiazole rings is 1. The molecule has 0 bridgehead atoms. The number of halogens is 3. The third-order valence-corrected chi connectivity index (χ3v) is 4.65. The number of amides is 1. The molecule has 1 aromatic heterocycles. The topological polar surface area (TPSA) is 51.2 Å². The van der Waals surface area contributed by atoms with Crippen LogP contribution in [0.2, 0.25) is 0 Å². The Bertz CT molecular complexity index is 700. The molecule has 0 aliphatic heterocycles. The van der Waals surface area contributed by atoms with Crippen LogP contribution in [0.4, 0.5) is 13.2 Å². The lowest BCUT2D eigenvalue weighted by Gasteiger charge is -2.15. The smallest absolute Gasteiger partial charge is 0.383 e. The van der Waals surface area contributed by atoms with Gasteiger partial charge >= 0.3 is 6.18 Å². The highest BCUT2D eigenvalue weighted by atomic mass is 32.1. The van der Waals surface area contributed by atoms with Gasteiger partial charge in [-0.1, -0.05) is 6.92 Å². The fourth-order valence-electron chi connectivity index (χ4n) is 2.24. The molecule has 24 heavy (non-hydrogen) atoms. The van der Waals surface area contributed by atoms with Gasteiger partial charge in [-0.25, -0.2) is 4.98 Å². The maximum Gasteiger partial charge on any atom is 0.416 e. The maximum atomic E-state index is 12.7. The lowest BCUT2D eigenvalue weighted by atomic mass is 10.2. The second kappa shape index (κ2) is 7.94. The van der Waals surface area contributed by atoms with Crippen LogP contribution >= 0.6 is 11.3 Å². The second-order valence-electron chi connectivity index (χ2n) is 5.42. The predicted molar refractivity (Wildman–Crippen MR) is 87.0 cm³/mol. The number of ether oxygens (including phenoxy) is 1. The first kappa shape index (κ1) is 18.7. The zero-order chi connectivity index (χ0) is 17.7. The predicted octanol–water partition coefficient (Wildman–Crippen LogP) is 3.79. The zero-order valence-corrected chi connectivity index (χ0v) is 14.3.